The average molecular weight is 522 g/mol. The van der Waals surface area contributed by atoms with Crippen molar-refractivity contribution in [1.82, 2.24) is 5.43 Å². The highest BCUT2D eigenvalue weighted by Crippen LogP contribution is 2.25. The molecular formula is C15H12I2N2O3. The Morgan fingerprint density at radius 2 is 2.05 bits per heavy atom. The van der Waals surface area contributed by atoms with Crippen molar-refractivity contribution in [3.8, 4) is 11.5 Å². The van der Waals surface area contributed by atoms with E-state index in [4.69, 9.17) is 4.74 Å². The number of hydrogen-bond donors (Lipinski definition) is 2. The lowest BCUT2D eigenvalue weighted by atomic mass is 10.2. The fraction of sp³-hybridized carbons (Fsp3) is 0.0667. The van der Waals surface area contributed by atoms with Crippen molar-refractivity contribution >= 4 is 57.3 Å². The van der Waals surface area contributed by atoms with Gasteiger partial charge in [-0.15, -0.1) is 0 Å². The van der Waals surface area contributed by atoms with Crippen LogP contribution in [0.4, 0.5) is 0 Å². The standard InChI is InChI=1S/C15H12I2N2O3/c1-22-13-5-3-2-4-11(13)15(21)19-18-8-9-6-10(16)7-12(17)14(9)20/h2-8,20H,1H3,(H,19,21)/b18-8-. The first kappa shape index (κ1) is 17.0. The topological polar surface area (TPSA) is 70.9 Å². The van der Waals surface area contributed by atoms with Crippen LogP contribution in [0.2, 0.25) is 0 Å². The number of nitrogens with one attached hydrogen (secondary N) is 1. The summed E-state index contributed by atoms with van der Waals surface area (Å²) in [6.45, 7) is 0. The summed E-state index contributed by atoms with van der Waals surface area (Å²) in [5.41, 5.74) is 3.35. The second kappa shape index (κ2) is 7.77. The fourth-order valence-electron chi connectivity index (χ4n) is 1.74. The fourth-order valence-corrected chi connectivity index (χ4v) is 3.63. The van der Waals surface area contributed by atoms with E-state index in [0.717, 1.165) is 7.14 Å². The van der Waals surface area contributed by atoms with Crippen LogP contribution in [0.1, 0.15) is 15.9 Å². The molecule has 0 fully saturated rings. The number of hydrogen-bond acceptors (Lipinski definition) is 4. The molecule has 22 heavy (non-hydrogen) atoms. The van der Waals surface area contributed by atoms with Crippen LogP contribution in [0.5, 0.6) is 11.5 Å². The van der Waals surface area contributed by atoms with E-state index in [1.807, 2.05) is 28.7 Å². The molecular weight excluding hydrogens is 510 g/mol. The molecule has 0 spiro atoms. The summed E-state index contributed by atoms with van der Waals surface area (Å²) in [4.78, 5) is 12.1. The normalized spacial score (nSPS) is 10.7. The predicted molar refractivity (Wildman–Crippen MR) is 102 cm³/mol. The van der Waals surface area contributed by atoms with Gasteiger partial charge in [0, 0.05) is 9.13 Å². The highest BCUT2D eigenvalue weighted by Gasteiger charge is 2.10. The van der Waals surface area contributed by atoms with Gasteiger partial charge in [-0.05, 0) is 69.4 Å². The number of hydrazone groups is 1. The summed E-state index contributed by atoms with van der Waals surface area (Å²) < 4.78 is 6.82. The molecule has 0 heterocycles. The molecule has 2 aromatic rings. The molecule has 0 atom stereocenters. The number of halogens is 2. The molecule has 0 aromatic heterocycles. The monoisotopic (exact) mass is 522 g/mol. The number of carbonyl (C=O) groups is 1. The van der Waals surface area contributed by atoms with Gasteiger partial charge < -0.3 is 9.84 Å². The first-order chi connectivity index (χ1) is 10.5. The molecule has 1 amide bonds. The molecule has 114 valence electrons. The van der Waals surface area contributed by atoms with Gasteiger partial charge in [0.1, 0.15) is 11.5 Å². The van der Waals surface area contributed by atoms with Gasteiger partial charge in [0.05, 0.1) is 22.5 Å². The highest BCUT2D eigenvalue weighted by atomic mass is 127. The average Bonchev–Trinajstić information content (AvgIpc) is 2.51. The van der Waals surface area contributed by atoms with Gasteiger partial charge in [0.25, 0.3) is 5.91 Å². The maximum absolute atomic E-state index is 12.1. The van der Waals surface area contributed by atoms with Crippen molar-refractivity contribution in [2.75, 3.05) is 7.11 Å². The summed E-state index contributed by atoms with van der Waals surface area (Å²) in [6, 6.07) is 10.5. The van der Waals surface area contributed by atoms with Gasteiger partial charge in [-0.2, -0.15) is 5.10 Å². The number of para-hydroxylation sites is 1. The predicted octanol–water partition coefficient (Wildman–Crippen LogP) is 3.37. The maximum atomic E-state index is 12.1. The number of carbonyl (C=O) groups excluding carboxylic acids is 1. The summed E-state index contributed by atoms with van der Waals surface area (Å²) in [6.07, 6.45) is 1.41. The molecule has 0 bridgehead atoms. The molecule has 2 rings (SSSR count). The maximum Gasteiger partial charge on any atom is 0.275 e. The zero-order valence-electron chi connectivity index (χ0n) is 11.5. The minimum atomic E-state index is -0.381. The van der Waals surface area contributed by atoms with E-state index in [9.17, 15) is 9.90 Å². The number of methoxy groups -OCH3 is 1. The number of phenols is 1. The van der Waals surface area contributed by atoms with Gasteiger partial charge in [-0.1, -0.05) is 12.1 Å². The molecule has 0 aliphatic carbocycles. The van der Waals surface area contributed by atoms with Crippen LogP contribution < -0.4 is 10.2 Å². The molecule has 2 aromatic carbocycles. The van der Waals surface area contributed by atoms with Crippen molar-refractivity contribution in [2.24, 2.45) is 5.10 Å². The summed E-state index contributed by atoms with van der Waals surface area (Å²) in [5, 5.41) is 13.8. The van der Waals surface area contributed by atoms with Crippen LogP contribution in [0, 0.1) is 7.14 Å². The first-order valence-electron chi connectivity index (χ1n) is 6.17. The van der Waals surface area contributed by atoms with E-state index in [0.29, 0.717) is 16.9 Å². The SMILES string of the molecule is COc1ccccc1C(=O)N/N=C\c1cc(I)cc(I)c1O. The largest absolute Gasteiger partial charge is 0.506 e. The number of nitrogens with zero attached hydrogens (tertiary/aromatic N) is 1. The van der Waals surface area contributed by atoms with E-state index in [1.165, 1.54) is 13.3 Å². The third kappa shape index (κ3) is 4.09. The Hall–Kier alpha value is -1.36. The molecule has 0 saturated carbocycles. The Morgan fingerprint density at radius 1 is 1.32 bits per heavy atom. The lowest BCUT2D eigenvalue weighted by Crippen LogP contribution is -2.18. The smallest absolute Gasteiger partial charge is 0.275 e. The van der Waals surface area contributed by atoms with Crippen LogP contribution in [0.3, 0.4) is 0 Å². The summed E-state index contributed by atoms with van der Waals surface area (Å²) in [7, 11) is 1.50. The molecule has 5 nitrogen and oxygen atoms in total. The minimum Gasteiger partial charge on any atom is -0.506 e. The van der Waals surface area contributed by atoms with Gasteiger partial charge in [-0.3, -0.25) is 4.79 Å². The summed E-state index contributed by atoms with van der Waals surface area (Å²) >= 11 is 4.19. The lowest BCUT2D eigenvalue weighted by molar-refractivity contribution is 0.0952. The zero-order chi connectivity index (χ0) is 16.1. The van der Waals surface area contributed by atoms with Crippen molar-refractivity contribution < 1.29 is 14.6 Å². The molecule has 0 radical (unpaired) electrons. The van der Waals surface area contributed by atoms with Crippen molar-refractivity contribution in [3.63, 3.8) is 0 Å². The van der Waals surface area contributed by atoms with E-state index in [-0.39, 0.29) is 11.7 Å². The number of benzene rings is 2. The van der Waals surface area contributed by atoms with Crippen LogP contribution in [0.25, 0.3) is 0 Å². The van der Waals surface area contributed by atoms with Gasteiger partial charge in [0.2, 0.25) is 0 Å². The number of phenolic OH excluding ortho intramolecular Hbond substituents is 1. The number of ether oxygens (including phenoxy) is 1. The Kier molecular flexibility index (Phi) is 6.00. The third-order valence-corrected chi connectivity index (χ3v) is 4.22. The van der Waals surface area contributed by atoms with Gasteiger partial charge in [0.15, 0.2) is 0 Å². The highest BCUT2D eigenvalue weighted by molar-refractivity contribution is 14.1. The summed E-state index contributed by atoms with van der Waals surface area (Å²) in [5.74, 6) is 0.228. The number of aromatic hydroxyl groups is 1. The van der Waals surface area contributed by atoms with E-state index in [2.05, 4.69) is 33.1 Å². The molecule has 0 unspecified atom stereocenters. The molecule has 2 N–H and O–H groups in total. The molecule has 0 aliphatic rings. The lowest BCUT2D eigenvalue weighted by Gasteiger charge is -2.06. The van der Waals surface area contributed by atoms with Crippen LogP contribution in [0.15, 0.2) is 41.5 Å². The zero-order valence-corrected chi connectivity index (χ0v) is 15.8. The Balaban J connectivity index is 2.14. The van der Waals surface area contributed by atoms with Gasteiger partial charge >= 0.3 is 0 Å². The Labute approximate surface area is 155 Å². The molecule has 7 heteroatoms. The van der Waals surface area contributed by atoms with Crippen LogP contribution in [-0.2, 0) is 0 Å². The van der Waals surface area contributed by atoms with Crippen LogP contribution >= 0.6 is 45.2 Å². The van der Waals surface area contributed by atoms with E-state index in [1.54, 1.807) is 30.3 Å². The van der Waals surface area contributed by atoms with Gasteiger partial charge in [-0.25, -0.2) is 5.43 Å². The van der Waals surface area contributed by atoms with Crippen molar-refractivity contribution in [3.05, 3.63) is 54.7 Å². The third-order valence-electron chi connectivity index (χ3n) is 2.78. The molecule has 0 saturated heterocycles. The second-order valence-corrected chi connectivity index (χ2v) is 6.63. The Morgan fingerprint density at radius 3 is 2.77 bits per heavy atom. The Bertz CT molecular complexity index is 733. The minimum absolute atomic E-state index is 0.135. The number of amides is 1. The first-order valence-corrected chi connectivity index (χ1v) is 8.33. The quantitative estimate of drug-likeness (QED) is 0.368. The second-order valence-electron chi connectivity index (χ2n) is 4.22. The van der Waals surface area contributed by atoms with E-state index < -0.39 is 0 Å². The van der Waals surface area contributed by atoms with Crippen molar-refractivity contribution in [2.45, 2.75) is 0 Å². The van der Waals surface area contributed by atoms with Crippen molar-refractivity contribution in [1.29, 1.82) is 0 Å². The van der Waals surface area contributed by atoms with Crippen LogP contribution in [-0.4, -0.2) is 24.3 Å². The number of rotatable bonds is 4. The van der Waals surface area contributed by atoms with E-state index >= 15 is 0 Å². The molecule has 0 aliphatic heterocycles.